The molecule has 0 aliphatic carbocycles. The minimum Gasteiger partial charge on any atom is -0.341 e. The molecule has 0 radical (unpaired) electrons. The van der Waals surface area contributed by atoms with Crippen LogP contribution >= 0.6 is 11.6 Å². The number of nitrogens with zero attached hydrogens (tertiary/aromatic N) is 5. The zero-order valence-electron chi connectivity index (χ0n) is 21.7. The Bertz CT molecular complexity index is 1300. The Hall–Kier alpha value is -2.06. The van der Waals surface area contributed by atoms with Gasteiger partial charge in [-0.3, -0.25) is 9.48 Å². The molecule has 1 atom stereocenters. The summed E-state index contributed by atoms with van der Waals surface area (Å²) in [5.41, 5.74) is 0.628. The minimum absolute atomic E-state index is 0.177. The minimum atomic E-state index is -3.62. The smallest absolute Gasteiger partial charge is 0.241 e. The molecule has 0 saturated carbocycles. The van der Waals surface area contributed by atoms with E-state index in [9.17, 15) is 21.6 Å². The van der Waals surface area contributed by atoms with E-state index < -0.39 is 26.1 Å². The molecule has 0 bridgehead atoms. The number of rotatable bonds is 9. The lowest BCUT2D eigenvalue weighted by atomic mass is 9.65. The van der Waals surface area contributed by atoms with Crippen molar-refractivity contribution in [2.24, 2.45) is 11.3 Å². The van der Waals surface area contributed by atoms with Crippen LogP contribution in [-0.2, 0) is 37.8 Å². The largest absolute Gasteiger partial charge is 0.341 e. The second-order valence-corrected chi connectivity index (χ2v) is 14.7. The molecule has 2 aliphatic rings. The number of piperidine rings is 2. The molecular weight excluding hydrogens is 552 g/mol. The second kappa shape index (κ2) is 11.6. The van der Waals surface area contributed by atoms with Gasteiger partial charge in [0.05, 0.1) is 12.5 Å². The fraction of sp³-hybridized carbons (Fsp3) is 0.625. The van der Waals surface area contributed by atoms with Crippen molar-refractivity contribution in [1.82, 2.24) is 28.7 Å². The predicted molar refractivity (Wildman–Crippen MR) is 144 cm³/mol. The SMILES string of the molecule is CS(=O)(=O)N[C@H](Cc1ccc(Cl)cc1)C(=O)N1CCC(Cn2cncn2)(C2CCN(S(C)(=O)=O)CC2)CC1. The number of nitrogens with one attached hydrogen (secondary N) is 1. The van der Waals surface area contributed by atoms with Gasteiger partial charge in [0.1, 0.15) is 18.7 Å². The van der Waals surface area contributed by atoms with E-state index in [-0.39, 0.29) is 23.7 Å². The Kier molecular flexibility index (Phi) is 8.82. The number of aromatic nitrogens is 3. The van der Waals surface area contributed by atoms with Crippen LogP contribution in [0.5, 0.6) is 0 Å². The quantitative estimate of drug-likeness (QED) is 0.469. The van der Waals surface area contributed by atoms with Crippen LogP contribution in [0.2, 0.25) is 5.02 Å². The van der Waals surface area contributed by atoms with Gasteiger partial charge < -0.3 is 4.90 Å². The van der Waals surface area contributed by atoms with Crippen molar-refractivity contribution in [3.63, 3.8) is 0 Å². The maximum Gasteiger partial charge on any atom is 0.241 e. The number of hydrogen-bond acceptors (Lipinski definition) is 7. The van der Waals surface area contributed by atoms with E-state index in [2.05, 4.69) is 14.8 Å². The first-order valence-electron chi connectivity index (χ1n) is 12.6. The van der Waals surface area contributed by atoms with Crippen LogP contribution < -0.4 is 4.72 Å². The highest BCUT2D eigenvalue weighted by Crippen LogP contribution is 2.45. The number of amides is 1. The number of likely N-dealkylation sites (tertiary alicyclic amines) is 1. The van der Waals surface area contributed by atoms with Crippen LogP contribution in [0.25, 0.3) is 0 Å². The Morgan fingerprint density at radius 3 is 2.24 bits per heavy atom. The molecule has 1 N–H and O–H groups in total. The molecule has 0 spiro atoms. The Balaban J connectivity index is 1.49. The monoisotopic (exact) mass is 586 g/mol. The standard InChI is InChI=1S/C24H35ClN6O5S2/c1-37(33,34)28-22(15-19-3-5-21(25)6-4-19)23(32)29-13-9-24(10-14-29,16-30-18-26-17-27-30)20-7-11-31(12-8-20)38(2,35)36/h3-6,17-18,20,22,28H,7-16H2,1-2H3/t22-/m1/s1. The Morgan fingerprint density at radius 2 is 1.71 bits per heavy atom. The first-order chi connectivity index (χ1) is 17.8. The van der Waals surface area contributed by atoms with Crippen molar-refractivity contribution in [2.45, 2.75) is 44.7 Å². The lowest BCUT2D eigenvalue weighted by Gasteiger charge is -2.49. The van der Waals surface area contributed by atoms with Gasteiger partial charge in [-0.1, -0.05) is 23.7 Å². The van der Waals surface area contributed by atoms with Gasteiger partial charge in [-0.2, -0.15) is 5.10 Å². The van der Waals surface area contributed by atoms with Crippen LogP contribution in [0, 0.1) is 11.3 Å². The van der Waals surface area contributed by atoms with Gasteiger partial charge in [0.25, 0.3) is 0 Å². The van der Waals surface area contributed by atoms with Gasteiger partial charge in [0.15, 0.2) is 0 Å². The maximum atomic E-state index is 13.6. The molecule has 38 heavy (non-hydrogen) atoms. The van der Waals surface area contributed by atoms with E-state index in [1.165, 1.54) is 16.9 Å². The highest BCUT2D eigenvalue weighted by atomic mass is 35.5. The molecule has 14 heteroatoms. The second-order valence-electron chi connectivity index (χ2n) is 10.5. The first kappa shape index (κ1) is 28.9. The Labute approximate surface area is 229 Å². The molecule has 11 nitrogen and oxygen atoms in total. The molecule has 3 heterocycles. The number of benzene rings is 1. The lowest BCUT2D eigenvalue weighted by Crippen LogP contribution is -2.55. The third-order valence-corrected chi connectivity index (χ3v) is 10.1. The van der Waals surface area contributed by atoms with Crippen LogP contribution in [0.15, 0.2) is 36.9 Å². The number of halogens is 1. The van der Waals surface area contributed by atoms with Crippen molar-refractivity contribution in [1.29, 1.82) is 0 Å². The van der Waals surface area contributed by atoms with E-state index in [1.54, 1.807) is 35.5 Å². The number of carbonyl (C=O) groups is 1. The summed E-state index contributed by atoms with van der Waals surface area (Å²) in [5, 5.41) is 4.88. The van der Waals surface area contributed by atoms with Crippen molar-refractivity contribution < 1.29 is 21.6 Å². The van der Waals surface area contributed by atoms with Crippen molar-refractivity contribution in [2.75, 3.05) is 38.7 Å². The topological polar surface area (TPSA) is 135 Å². The van der Waals surface area contributed by atoms with Gasteiger partial charge in [0, 0.05) is 37.7 Å². The molecule has 210 valence electrons. The van der Waals surface area contributed by atoms with Gasteiger partial charge >= 0.3 is 0 Å². The summed E-state index contributed by atoms with van der Waals surface area (Å²) in [6.07, 6.45) is 8.58. The number of carbonyl (C=O) groups excluding carboxylic acids is 1. The molecule has 2 aliphatic heterocycles. The fourth-order valence-electron chi connectivity index (χ4n) is 5.82. The zero-order chi connectivity index (χ0) is 27.6. The van der Waals surface area contributed by atoms with Crippen molar-refractivity contribution in [3.05, 3.63) is 47.5 Å². The van der Waals surface area contributed by atoms with Gasteiger partial charge in [-0.15, -0.1) is 0 Å². The van der Waals surface area contributed by atoms with Crippen molar-refractivity contribution >= 4 is 37.6 Å². The third-order valence-electron chi connectivity index (χ3n) is 7.81. The highest BCUT2D eigenvalue weighted by molar-refractivity contribution is 7.88. The van der Waals surface area contributed by atoms with Crippen LogP contribution in [0.1, 0.15) is 31.2 Å². The van der Waals surface area contributed by atoms with Crippen LogP contribution in [-0.4, -0.2) is 91.4 Å². The fourth-order valence-corrected chi connectivity index (χ4v) is 7.52. The molecule has 2 saturated heterocycles. The van der Waals surface area contributed by atoms with Gasteiger partial charge in [-0.05, 0) is 61.1 Å². The van der Waals surface area contributed by atoms with E-state index in [4.69, 9.17) is 11.6 Å². The van der Waals surface area contributed by atoms with E-state index in [0.717, 1.165) is 24.7 Å². The molecule has 2 fully saturated rings. The Morgan fingerprint density at radius 1 is 1.08 bits per heavy atom. The molecule has 1 amide bonds. The molecule has 0 unspecified atom stereocenters. The first-order valence-corrected chi connectivity index (χ1v) is 16.7. The maximum absolute atomic E-state index is 13.6. The third kappa shape index (κ3) is 7.32. The molecule has 1 aromatic heterocycles. The predicted octanol–water partition coefficient (Wildman–Crippen LogP) is 1.37. The molecule has 2 aromatic rings. The van der Waals surface area contributed by atoms with Crippen molar-refractivity contribution in [3.8, 4) is 0 Å². The highest BCUT2D eigenvalue weighted by Gasteiger charge is 2.45. The summed E-state index contributed by atoms with van der Waals surface area (Å²) in [6.45, 7) is 2.54. The summed E-state index contributed by atoms with van der Waals surface area (Å²) in [5.74, 6) is 0.00703. The average Bonchev–Trinajstić information content (AvgIpc) is 3.36. The lowest BCUT2D eigenvalue weighted by molar-refractivity contribution is -0.136. The summed E-state index contributed by atoms with van der Waals surface area (Å²) < 4.78 is 54.1. The number of hydrogen-bond donors (Lipinski definition) is 1. The molecule has 1 aromatic carbocycles. The summed E-state index contributed by atoms with van der Waals surface area (Å²) in [4.78, 5) is 19.4. The van der Waals surface area contributed by atoms with Gasteiger partial charge in [-0.25, -0.2) is 30.8 Å². The van der Waals surface area contributed by atoms with E-state index in [0.29, 0.717) is 50.6 Å². The zero-order valence-corrected chi connectivity index (χ0v) is 24.1. The summed E-state index contributed by atoms with van der Waals surface area (Å²) >= 11 is 5.98. The van der Waals surface area contributed by atoms with Crippen LogP contribution in [0.4, 0.5) is 0 Å². The normalized spacial score (nSPS) is 20.3. The van der Waals surface area contributed by atoms with Gasteiger partial charge in [0.2, 0.25) is 26.0 Å². The molecule has 4 rings (SSSR count). The van der Waals surface area contributed by atoms with E-state index in [1.807, 2.05) is 4.68 Å². The number of sulfonamides is 2. The van der Waals surface area contributed by atoms with Crippen LogP contribution in [0.3, 0.4) is 0 Å². The van der Waals surface area contributed by atoms with E-state index >= 15 is 0 Å². The molecular formula is C24H35ClN6O5S2. The summed E-state index contributed by atoms with van der Waals surface area (Å²) in [7, 11) is -6.86. The summed E-state index contributed by atoms with van der Waals surface area (Å²) in [6, 6.07) is 6.08. The average molecular weight is 587 g/mol.